The van der Waals surface area contributed by atoms with Crippen LogP contribution in [0.2, 0.25) is 0 Å². The molecule has 6 rings (SSSR count). The summed E-state index contributed by atoms with van der Waals surface area (Å²) < 4.78 is 5.75. The summed E-state index contributed by atoms with van der Waals surface area (Å²) in [6, 6.07) is 17.0. The second kappa shape index (κ2) is 11.7. The molecule has 1 amide bonds. The average molecular weight is 550 g/mol. The standard InChI is InChI=1S/C31H31N7O3/c1-41-27-18-24(38-14-10-25(39)11-15-38)8-7-20(27)17-28-36-26-9-13-33-29(26)30(37-28)34-22-5-2-4-21(16-22)31(40)35-23-6-3-12-32-19-23/h2-8,12-13,16,18-19,25,39H,9-11,14-15,17H2,1H3,(H,35,40)(H,34,36,37). The minimum absolute atomic E-state index is 0.220. The molecule has 0 bridgehead atoms. The number of benzene rings is 2. The van der Waals surface area contributed by atoms with Crippen LogP contribution in [0.5, 0.6) is 5.75 Å². The number of methoxy groups -OCH3 is 1. The maximum absolute atomic E-state index is 12.8. The molecule has 10 nitrogen and oxygen atoms in total. The van der Waals surface area contributed by atoms with Gasteiger partial charge in [0.25, 0.3) is 5.91 Å². The first-order valence-electron chi connectivity index (χ1n) is 13.7. The molecule has 41 heavy (non-hydrogen) atoms. The number of carbonyl (C=O) groups is 1. The van der Waals surface area contributed by atoms with Gasteiger partial charge in [-0.3, -0.25) is 14.8 Å². The number of aliphatic hydroxyl groups is 1. The number of pyridine rings is 1. The third-order valence-corrected chi connectivity index (χ3v) is 7.26. The Labute approximate surface area is 238 Å². The van der Waals surface area contributed by atoms with Crippen LogP contribution in [-0.2, 0) is 12.8 Å². The Morgan fingerprint density at radius 3 is 2.73 bits per heavy atom. The summed E-state index contributed by atoms with van der Waals surface area (Å²) in [5.41, 5.74) is 5.45. The van der Waals surface area contributed by atoms with E-state index in [1.54, 1.807) is 43.8 Å². The highest BCUT2D eigenvalue weighted by Crippen LogP contribution is 2.34. The van der Waals surface area contributed by atoms with Crippen LogP contribution in [0.1, 0.15) is 40.3 Å². The van der Waals surface area contributed by atoms with Crippen molar-refractivity contribution in [2.75, 3.05) is 35.7 Å². The molecule has 10 heteroatoms. The zero-order valence-corrected chi connectivity index (χ0v) is 22.7. The number of nitrogens with zero attached hydrogens (tertiary/aromatic N) is 5. The molecule has 3 N–H and O–H groups in total. The highest BCUT2D eigenvalue weighted by Gasteiger charge is 2.21. The number of aromatic nitrogens is 3. The summed E-state index contributed by atoms with van der Waals surface area (Å²) in [5, 5.41) is 16.1. The van der Waals surface area contributed by atoms with Crippen LogP contribution < -0.4 is 20.3 Å². The summed E-state index contributed by atoms with van der Waals surface area (Å²) in [4.78, 5) is 33.3. The minimum Gasteiger partial charge on any atom is -0.496 e. The van der Waals surface area contributed by atoms with Gasteiger partial charge in [0.05, 0.1) is 30.8 Å². The van der Waals surface area contributed by atoms with Crippen molar-refractivity contribution in [1.29, 1.82) is 0 Å². The third kappa shape index (κ3) is 6.02. The molecule has 2 aliphatic heterocycles. The van der Waals surface area contributed by atoms with Crippen molar-refractivity contribution in [2.24, 2.45) is 4.99 Å². The monoisotopic (exact) mass is 549 g/mol. The Morgan fingerprint density at radius 2 is 1.93 bits per heavy atom. The number of carbonyl (C=O) groups excluding carboxylic acids is 1. The number of rotatable bonds is 8. The van der Waals surface area contributed by atoms with Crippen molar-refractivity contribution >= 4 is 40.7 Å². The van der Waals surface area contributed by atoms with Gasteiger partial charge in [-0.2, -0.15) is 0 Å². The van der Waals surface area contributed by atoms with Gasteiger partial charge >= 0.3 is 0 Å². The zero-order valence-electron chi connectivity index (χ0n) is 22.7. The van der Waals surface area contributed by atoms with Gasteiger partial charge in [0.1, 0.15) is 17.3 Å². The van der Waals surface area contributed by atoms with Crippen molar-refractivity contribution in [1.82, 2.24) is 15.0 Å². The molecule has 208 valence electrons. The number of nitrogens with one attached hydrogen (secondary N) is 2. The molecule has 2 aliphatic rings. The molecule has 0 unspecified atom stereocenters. The summed E-state index contributed by atoms with van der Waals surface area (Å²) in [5.74, 6) is 1.78. The molecule has 4 heterocycles. The van der Waals surface area contributed by atoms with Crippen LogP contribution >= 0.6 is 0 Å². The maximum atomic E-state index is 12.8. The lowest BCUT2D eigenvalue weighted by molar-refractivity contribution is 0.102. The Bertz CT molecular complexity index is 1580. The van der Waals surface area contributed by atoms with E-state index in [1.165, 1.54) is 0 Å². The third-order valence-electron chi connectivity index (χ3n) is 7.26. The first-order valence-corrected chi connectivity index (χ1v) is 13.7. The quantitative estimate of drug-likeness (QED) is 0.289. The molecule has 0 spiro atoms. The fourth-order valence-corrected chi connectivity index (χ4v) is 5.11. The Balaban J connectivity index is 1.22. The number of amides is 1. The van der Waals surface area contributed by atoms with Crippen LogP contribution in [0.4, 0.5) is 28.6 Å². The SMILES string of the molecule is COc1cc(N2CCC(O)CC2)ccc1Cc1nc2c(c(Nc3cccc(C(=O)Nc4cccnc4)c3)n1)N=CC2. The van der Waals surface area contributed by atoms with E-state index in [0.717, 1.165) is 48.6 Å². The van der Waals surface area contributed by atoms with E-state index >= 15 is 0 Å². The van der Waals surface area contributed by atoms with Crippen molar-refractivity contribution in [3.8, 4) is 5.75 Å². The normalized spacial score (nSPS) is 14.5. The zero-order chi connectivity index (χ0) is 28.2. The van der Waals surface area contributed by atoms with Crippen LogP contribution in [-0.4, -0.2) is 58.5 Å². The number of hydrogen-bond donors (Lipinski definition) is 3. The fraction of sp³-hybridized carbons (Fsp3) is 0.258. The second-order valence-corrected chi connectivity index (χ2v) is 10.1. The van der Waals surface area contributed by atoms with Crippen molar-refractivity contribution in [3.63, 3.8) is 0 Å². The maximum Gasteiger partial charge on any atom is 0.255 e. The molecule has 2 aromatic carbocycles. The van der Waals surface area contributed by atoms with Gasteiger partial charge in [0, 0.05) is 66.9 Å². The van der Waals surface area contributed by atoms with Crippen LogP contribution in [0, 0.1) is 0 Å². The van der Waals surface area contributed by atoms with Gasteiger partial charge in [-0.15, -0.1) is 0 Å². The predicted molar refractivity (Wildman–Crippen MR) is 159 cm³/mol. The average Bonchev–Trinajstić information content (AvgIpc) is 3.48. The van der Waals surface area contributed by atoms with Gasteiger partial charge in [-0.25, -0.2) is 9.97 Å². The van der Waals surface area contributed by atoms with Gasteiger partial charge in [0.2, 0.25) is 0 Å². The van der Waals surface area contributed by atoms with Crippen molar-refractivity contribution < 1.29 is 14.6 Å². The van der Waals surface area contributed by atoms with E-state index < -0.39 is 0 Å². The highest BCUT2D eigenvalue weighted by molar-refractivity contribution is 6.04. The topological polar surface area (TPSA) is 125 Å². The van der Waals surface area contributed by atoms with E-state index in [0.29, 0.717) is 47.1 Å². The van der Waals surface area contributed by atoms with Crippen molar-refractivity contribution in [2.45, 2.75) is 31.8 Å². The summed E-state index contributed by atoms with van der Waals surface area (Å²) in [7, 11) is 1.67. The number of aliphatic imine (C=N–C) groups is 1. The first kappa shape index (κ1) is 26.4. The lowest BCUT2D eigenvalue weighted by Gasteiger charge is -2.31. The molecule has 0 radical (unpaired) electrons. The first-order chi connectivity index (χ1) is 20.1. The second-order valence-electron chi connectivity index (χ2n) is 10.1. The minimum atomic E-state index is -0.232. The van der Waals surface area contributed by atoms with Crippen molar-refractivity contribution in [3.05, 3.63) is 89.6 Å². The Morgan fingerprint density at radius 1 is 1.07 bits per heavy atom. The molecular weight excluding hydrogens is 518 g/mol. The largest absolute Gasteiger partial charge is 0.496 e. The lowest BCUT2D eigenvalue weighted by atomic mass is 10.1. The van der Waals surface area contributed by atoms with E-state index in [1.807, 2.05) is 24.4 Å². The molecular formula is C31H31N7O3. The van der Waals surface area contributed by atoms with Crippen LogP contribution in [0.15, 0.2) is 72.0 Å². The van der Waals surface area contributed by atoms with E-state index in [2.05, 4.69) is 37.6 Å². The molecule has 1 saturated heterocycles. The molecule has 0 aliphatic carbocycles. The number of piperidine rings is 1. The molecule has 0 saturated carbocycles. The number of aliphatic hydroxyl groups excluding tert-OH is 1. The molecule has 2 aromatic heterocycles. The fourth-order valence-electron chi connectivity index (χ4n) is 5.11. The summed E-state index contributed by atoms with van der Waals surface area (Å²) in [6.07, 6.45) is 7.52. The van der Waals surface area contributed by atoms with E-state index in [-0.39, 0.29) is 12.0 Å². The number of fused-ring (bicyclic) bond motifs is 1. The smallest absolute Gasteiger partial charge is 0.255 e. The summed E-state index contributed by atoms with van der Waals surface area (Å²) in [6.45, 7) is 1.64. The van der Waals surface area contributed by atoms with Gasteiger partial charge < -0.3 is 25.4 Å². The number of hydrogen-bond acceptors (Lipinski definition) is 9. The lowest BCUT2D eigenvalue weighted by Crippen LogP contribution is -2.35. The van der Waals surface area contributed by atoms with E-state index in [4.69, 9.17) is 14.7 Å². The van der Waals surface area contributed by atoms with E-state index in [9.17, 15) is 9.90 Å². The highest BCUT2D eigenvalue weighted by atomic mass is 16.5. The summed E-state index contributed by atoms with van der Waals surface area (Å²) >= 11 is 0. The van der Waals surface area contributed by atoms with Gasteiger partial charge in [0.15, 0.2) is 5.82 Å². The van der Waals surface area contributed by atoms with Crippen LogP contribution in [0.3, 0.4) is 0 Å². The Kier molecular flexibility index (Phi) is 7.55. The molecule has 0 atom stereocenters. The molecule has 4 aromatic rings. The number of ether oxygens (including phenoxy) is 1. The Hall–Kier alpha value is -4.83. The van der Waals surface area contributed by atoms with Gasteiger partial charge in [-0.1, -0.05) is 12.1 Å². The molecule has 1 fully saturated rings. The predicted octanol–water partition coefficient (Wildman–Crippen LogP) is 4.69. The van der Waals surface area contributed by atoms with Gasteiger partial charge in [-0.05, 0) is 49.2 Å². The van der Waals surface area contributed by atoms with Crippen LogP contribution in [0.25, 0.3) is 0 Å². The number of anilines is 4.